The number of hydrogen-bond acceptors (Lipinski definition) is 1. The van der Waals surface area contributed by atoms with Crippen molar-refractivity contribution in [2.24, 2.45) is 3.50 Å². The van der Waals surface area contributed by atoms with E-state index in [9.17, 15) is 0 Å². The zero-order valence-electron chi connectivity index (χ0n) is 11.3. The van der Waals surface area contributed by atoms with Crippen molar-refractivity contribution in [1.29, 1.82) is 0 Å². The first-order chi connectivity index (χ1) is 9.50. The van der Waals surface area contributed by atoms with Crippen LogP contribution in [0.3, 0.4) is 0 Å². The summed E-state index contributed by atoms with van der Waals surface area (Å²) in [4.78, 5) is 0. The Hall–Kier alpha value is -0.622. The van der Waals surface area contributed by atoms with Gasteiger partial charge in [-0.2, -0.15) is 0 Å². The van der Waals surface area contributed by atoms with E-state index in [4.69, 9.17) is 23.2 Å². The van der Waals surface area contributed by atoms with Gasteiger partial charge >= 0.3 is 138 Å². The van der Waals surface area contributed by atoms with Crippen LogP contribution in [0.1, 0.15) is 19.4 Å². The van der Waals surface area contributed by atoms with E-state index in [1.54, 1.807) is 0 Å². The van der Waals surface area contributed by atoms with Crippen molar-refractivity contribution in [2.45, 2.75) is 19.3 Å². The molecule has 0 aromatic heterocycles. The second kappa shape index (κ2) is 6.89. The van der Waals surface area contributed by atoms with Crippen molar-refractivity contribution >= 4 is 33.3 Å². The summed E-state index contributed by atoms with van der Waals surface area (Å²) in [5, 5.41) is 1.24. The molecular formula is C16H15Cl2MoN+2. The van der Waals surface area contributed by atoms with Gasteiger partial charge in [-0.05, 0) is 0 Å². The maximum atomic E-state index is 6.13. The van der Waals surface area contributed by atoms with Crippen molar-refractivity contribution in [3.63, 3.8) is 0 Å². The van der Waals surface area contributed by atoms with Gasteiger partial charge in [0, 0.05) is 0 Å². The molecule has 4 heteroatoms. The molecule has 0 heterocycles. The summed E-state index contributed by atoms with van der Waals surface area (Å²) in [6.45, 7) is 4.41. The molecule has 0 bridgehead atoms. The van der Waals surface area contributed by atoms with Crippen LogP contribution in [0.4, 0.5) is 5.69 Å². The van der Waals surface area contributed by atoms with E-state index in [1.807, 2.05) is 24.3 Å². The Balaban J connectivity index is 2.31. The van der Waals surface area contributed by atoms with Crippen LogP contribution in [0.15, 0.2) is 52.0 Å². The van der Waals surface area contributed by atoms with Gasteiger partial charge in [-0.3, -0.25) is 0 Å². The van der Waals surface area contributed by atoms with Gasteiger partial charge < -0.3 is 0 Å². The Kier molecular flexibility index (Phi) is 5.43. The van der Waals surface area contributed by atoms with Crippen LogP contribution in [0, 0.1) is 0 Å². The van der Waals surface area contributed by atoms with Gasteiger partial charge in [0.05, 0.1) is 0 Å². The maximum absolute atomic E-state index is 6.13. The van der Waals surface area contributed by atoms with Gasteiger partial charge in [-0.25, -0.2) is 0 Å². The first-order valence-corrected chi connectivity index (χ1v) is 9.03. The summed E-state index contributed by atoms with van der Waals surface area (Å²) >= 11 is 11.6. The molecule has 0 fully saturated rings. The van der Waals surface area contributed by atoms with Crippen LogP contribution >= 0.6 is 23.2 Å². The van der Waals surface area contributed by atoms with Crippen LogP contribution in [-0.4, -0.2) is 4.40 Å². The van der Waals surface area contributed by atoms with Gasteiger partial charge in [-0.1, -0.05) is 0 Å². The average molecular weight is 388 g/mol. The van der Waals surface area contributed by atoms with Crippen LogP contribution in [-0.2, 0) is 23.3 Å². The number of halogens is 2. The molecular weight excluding hydrogens is 373 g/mol. The van der Waals surface area contributed by atoms with E-state index in [-0.39, 0.29) is 5.41 Å². The Morgan fingerprint density at radius 2 is 1.55 bits per heavy atom. The summed E-state index contributed by atoms with van der Waals surface area (Å²) in [5.74, 6) is 0. The first kappa shape index (κ1) is 15.8. The zero-order valence-corrected chi connectivity index (χ0v) is 14.8. The molecule has 0 aliphatic rings. The van der Waals surface area contributed by atoms with Gasteiger partial charge in [-0.15, -0.1) is 0 Å². The SMILES string of the molecule is CC(C)([CH]=[Mo+2]=[N]c1c(Cl)cccc1Cl)c1ccccc1. The standard InChI is InChI=1S/C10H12.C6H3Cl2N.Mo/c1-10(2,3)9-7-5-4-6-8-9;7-4-2-1-3-5(8)6(4)9;/h1,4-8H,2-3H3;1-3H;/q;;+2. The van der Waals surface area contributed by atoms with Crippen molar-refractivity contribution < 1.29 is 17.9 Å². The molecule has 0 saturated carbocycles. The fourth-order valence-electron chi connectivity index (χ4n) is 1.72. The summed E-state index contributed by atoms with van der Waals surface area (Å²) in [6, 6.07) is 15.9. The fourth-order valence-corrected chi connectivity index (χ4v) is 4.33. The summed E-state index contributed by atoms with van der Waals surface area (Å²) in [6.07, 6.45) is 0. The van der Waals surface area contributed by atoms with E-state index in [0.717, 1.165) is 5.69 Å². The van der Waals surface area contributed by atoms with E-state index in [2.05, 4.69) is 46.0 Å². The molecule has 1 nitrogen and oxygen atoms in total. The molecule has 102 valence electrons. The Bertz CT molecular complexity index is 639. The number of nitrogens with zero attached hydrogens (tertiary/aromatic N) is 1. The van der Waals surface area contributed by atoms with Crippen LogP contribution in [0.5, 0.6) is 0 Å². The van der Waals surface area contributed by atoms with Crippen LogP contribution < -0.4 is 0 Å². The topological polar surface area (TPSA) is 12.4 Å². The second-order valence-corrected chi connectivity index (χ2v) is 7.33. The van der Waals surface area contributed by atoms with Gasteiger partial charge in [0.2, 0.25) is 0 Å². The molecule has 0 atom stereocenters. The van der Waals surface area contributed by atoms with E-state index < -0.39 is 17.9 Å². The number of rotatable bonds is 3. The summed E-state index contributed by atoms with van der Waals surface area (Å²) < 4.78 is 6.93. The third-order valence-corrected chi connectivity index (χ3v) is 5.97. The monoisotopic (exact) mass is 389 g/mol. The third kappa shape index (κ3) is 3.94. The van der Waals surface area contributed by atoms with Crippen molar-refractivity contribution in [3.05, 3.63) is 64.1 Å². The van der Waals surface area contributed by atoms with E-state index in [1.165, 1.54) is 5.56 Å². The molecule has 0 N–H and O–H groups in total. The summed E-state index contributed by atoms with van der Waals surface area (Å²) in [5.41, 5.74) is 2.03. The molecule has 2 aromatic carbocycles. The van der Waals surface area contributed by atoms with Crippen LogP contribution in [0.2, 0.25) is 10.0 Å². The minimum atomic E-state index is -0.662. The Labute approximate surface area is 137 Å². The van der Waals surface area contributed by atoms with Crippen molar-refractivity contribution in [2.75, 3.05) is 0 Å². The molecule has 0 aliphatic heterocycles. The molecule has 2 aromatic rings. The Morgan fingerprint density at radius 1 is 0.950 bits per heavy atom. The number of hydrogen-bond donors (Lipinski definition) is 0. The van der Waals surface area contributed by atoms with E-state index in [0.29, 0.717) is 10.0 Å². The molecule has 0 aliphatic carbocycles. The third-order valence-electron chi connectivity index (χ3n) is 2.95. The predicted octanol–water partition coefficient (Wildman–Crippen LogP) is 5.67. The average Bonchev–Trinajstić information content (AvgIpc) is 2.43. The molecule has 0 amide bonds. The molecule has 0 saturated heterocycles. The van der Waals surface area contributed by atoms with Gasteiger partial charge in [0.25, 0.3) is 0 Å². The van der Waals surface area contributed by atoms with Gasteiger partial charge in [0.15, 0.2) is 0 Å². The van der Waals surface area contributed by atoms with Crippen LogP contribution in [0.25, 0.3) is 0 Å². The van der Waals surface area contributed by atoms with E-state index >= 15 is 0 Å². The predicted molar refractivity (Wildman–Crippen MR) is 84.1 cm³/mol. The Morgan fingerprint density at radius 3 is 2.15 bits per heavy atom. The molecule has 2 rings (SSSR count). The minimum absolute atomic E-state index is 0.0146. The fraction of sp³-hybridized carbons (Fsp3) is 0.188. The zero-order chi connectivity index (χ0) is 14.6. The normalized spacial score (nSPS) is 10.8. The quantitative estimate of drug-likeness (QED) is 0.601. The number of benzene rings is 2. The van der Waals surface area contributed by atoms with Gasteiger partial charge in [0.1, 0.15) is 0 Å². The van der Waals surface area contributed by atoms with Crippen molar-refractivity contribution in [1.82, 2.24) is 0 Å². The molecule has 20 heavy (non-hydrogen) atoms. The summed E-state index contributed by atoms with van der Waals surface area (Å²) in [7, 11) is 0. The second-order valence-electron chi connectivity index (χ2n) is 4.97. The van der Waals surface area contributed by atoms with Crippen molar-refractivity contribution in [3.8, 4) is 0 Å². The molecule has 0 spiro atoms. The molecule has 0 radical (unpaired) electrons. The molecule has 0 unspecified atom stereocenters. The first-order valence-electron chi connectivity index (χ1n) is 6.21.